The first-order valence-corrected chi connectivity index (χ1v) is 7.67. The van der Waals surface area contributed by atoms with Crippen molar-refractivity contribution >= 4 is 5.91 Å². The first-order chi connectivity index (χ1) is 10.6. The van der Waals surface area contributed by atoms with Gasteiger partial charge in [0.1, 0.15) is 24.2 Å². The van der Waals surface area contributed by atoms with Gasteiger partial charge >= 0.3 is 0 Å². The van der Waals surface area contributed by atoms with Gasteiger partial charge in [0.2, 0.25) is 5.91 Å². The first kappa shape index (κ1) is 16.6. The van der Waals surface area contributed by atoms with Gasteiger partial charge in [-0.05, 0) is 50.6 Å². The maximum atomic E-state index is 11.3. The molecule has 0 spiro atoms. The molecule has 0 aliphatic carbocycles. The summed E-state index contributed by atoms with van der Waals surface area (Å²) in [5, 5.41) is 10.1. The summed E-state index contributed by atoms with van der Waals surface area (Å²) in [6.07, 6.45) is 1.04. The Morgan fingerprint density at radius 3 is 2.59 bits per heavy atom. The molecule has 1 aliphatic heterocycles. The Morgan fingerprint density at radius 1 is 1.36 bits per heavy atom. The van der Waals surface area contributed by atoms with Crippen molar-refractivity contribution in [1.82, 2.24) is 4.90 Å². The molecular weight excluding hydrogens is 284 g/mol. The molecule has 6 heteroatoms. The monoisotopic (exact) mass is 308 g/mol. The number of ether oxygens (including phenoxy) is 2. The largest absolute Gasteiger partial charge is 0.494 e. The Labute approximate surface area is 130 Å². The fourth-order valence-corrected chi connectivity index (χ4v) is 2.68. The molecular formula is C16H24N2O4. The van der Waals surface area contributed by atoms with Crippen LogP contribution < -0.4 is 15.2 Å². The van der Waals surface area contributed by atoms with Crippen LogP contribution in [0.4, 0.5) is 0 Å². The molecule has 2 rings (SSSR count). The second-order valence-electron chi connectivity index (χ2n) is 5.42. The van der Waals surface area contributed by atoms with Crippen LogP contribution in [0.1, 0.15) is 19.8 Å². The molecule has 0 bridgehead atoms. The summed E-state index contributed by atoms with van der Waals surface area (Å²) in [5.41, 5.74) is 5.36. The molecule has 0 aromatic heterocycles. The Morgan fingerprint density at radius 2 is 2.00 bits per heavy atom. The zero-order valence-corrected chi connectivity index (χ0v) is 12.9. The highest BCUT2D eigenvalue weighted by Gasteiger charge is 2.30. The number of rotatable bonds is 8. The highest BCUT2D eigenvalue weighted by molar-refractivity contribution is 5.80. The SMILES string of the molecule is CCOc1ccc(OC[C@H](O)CN2CCC[C@@H]2C(N)=O)cc1. The average molecular weight is 308 g/mol. The molecule has 1 fully saturated rings. The van der Waals surface area contributed by atoms with Gasteiger partial charge in [-0.2, -0.15) is 0 Å². The molecule has 0 saturated carbocycles. The summed E-state index contributed by atoms with van der Waals surface area (Å²) in [7, 11) is 0. The van der Waals surface area contributed by atoms with E-state index in [0.29, 0.717) is 18.9 Å². The third kappa shape index (κ3) is 4.61. The summed E-state index contributed by atoms with van der Waals surface area (Å²) in [4.78, 5) is 13.2. The predicted molar refractivity (Wildman–Crippen MR) is 82.9 cm³/mol. The highest BCUT2D eigenvalue weighted by atomic mass is 16.5. The number of nitrogens with zero attached hydrogens (tertiary/aromatic N) is 1. The number of aliphatic hydroxyl groups excluding tert-OH is 1. The van der Waals surface area contributed by atoms with E-state index in [9.17, 15) is 9.90 Å². The van der Waals surface area contributed by atoms with Crippen LogP contribution in [0.15, 0.2) is 24.3 Å². The van der Waals surface area contributed by atoms with Gasteiger partial charge in [0.05, 0.1) is 12.6 Å². The minimum Gasteiger partial charge on any atom is -0.494 e. The fourth-order valence-electron chi connectivity index (χ4n) is 2.68. The molecule has 1 amide bonds. The van der Waals surface area contributed by atoms with Crippen LogP contribution in [0.3, 0.4) is 0 Å². The van der Waals surface area contributed by atoms with Crippen molar-refractivity contribution < 1.29 is 19.4 Å². The maximum Gasteiger partial charge on any atom is 0.234 e. The summed E-state index contributed by atoms with van der Waals surface area (Å²) in [5.74, 6) is 1.14. The second kappa shape index (κ2) is 8.00. The number of aliphatic hydroxyl groups is 1. The van der Waals surface area contributed by atoms with Gasteiger partial charge in [0.25, 0.3) is 0 Å². The molecule has 0 radical (unpaired) electrons. The van der Waals surface area contributed by atoms with Crippen LogP contribution in [0, 0.1) is 0 Å². The number of likely N-dealkylation sites (tertiary alicyclic amines) is 1. The van der Waals surface area contributed by atoms with Crippen LogP contribution in [0.25, 0.3) is 0 Å². The summed E-state index contributed by atoms with van der Waals surface area (Å²) < 4.78 is 10.9. The van der Waals surface area contributed by atoms with Crippen molar-refractivity contribution in [3.8, 4) is 11.5 Å². The van der Waals surface area contributed by atoms with Crippen LogP contribution in [-0.2, 0) is 4.79 Å². The molecule has 1 aromatic rings. The molecule has 6 nitrogen and oxygen atoms in total. The zero-order valence-electron chi connectivity index (χ0n) is 12.9. The van der Waals surface area contributed by atoms with Crippen molar-refractivity contribution in [3.05, 3.63) is 24.3 Å². The zero-order chi connectivity index (χ0) is 15.9. The van der Waals surface area contributed by atoms with E-state index in [2.05, 4.69) is 0 Å². The van der Waals surface area contributed by atoms with Gasteiger partial charge in [-0.1, -0.05) is 0 Å². The van der Waals surface area contributed by atoms with E-state index in [0.717, 1.165) is 25.1 Å². The molecule has 2 atom stereocenters. The summed E-state index contributed by atoms with van der Waals surface area (Å²) in [6, 6.07) is 7.00. The lowest BCUT2D eigenvalue weighted by Crippen LogP contribution is -2.44. The number of primary amides is 1. The van der Waals surface area contributed by atoms with Gasteiger partial charge in [-0.3, -0.25) is 9.69 Å². The van der Waals surface area contributed by atoms with Crippen LogP contribution in [0.5, 0.6) is 11.5 Å². The fraction of sp³-hybridized carbons (Fsp3) is 0.562. The molecule has 1 aromatic carbocycles. The van der Waals surface area contributed by atoms with E-state index in [1.807, 2.05) is 24.0 Å². The van der Waals surface area contributed by atoms with Crippen molar-refractivity contribution in [1.29, 1.82) is 0 Å². The number of benzene rings is 1. The lowest BCUT2D eigenvalue weighted by Gasteiger charge is -2.24. The van der Waals surface area contributed by atoms with E-state index in [4.69, 9.17) is 15.2 Å². The van der Waals surface area contributed by atoms with Gasteiger partial charge in [-0.25, -0.2) is 0 Å². The van der Waals surface area contributed by atoms with E-state index in [-0.39, 0.29) is 18.6 Å². The van der Waals surface area contributed by atoms with Gasteiger partial charge < -0.3 is 20.3 Å². The number of carbonyl (C=O) groups excluding carboxylic acids is 1. The van der Waals surface area contributed by atoms with E-state index in [1.54, 1.807) is 12.1 Å². The average Bonchev–Trinajstić information content (AvgIpc) is 2.95. The van der Waals surface area contributed by atoms with Crippen molar-refractivity contribution in [2.75, 3.05) is 26.3 Å². The molecule has 122 valence electrons. The van der Waals surface area contributed by atoms with Gasteiger partial charge in [-0.15, -0.1) is 0 Å². The minimum absolute atomic E-state index is 0.177. The Balaban J connectivity index is 1.77. The van der Waals surface area contributed by atoms with Gasteiger partial charge in [0, 0.05) is 6.54 Å². The third-order valence-corrected chi connectivity index (χ3v) is 3.71. The predicted octanol–water partition coefficient (Wildman–Crippen LogP) is 0.775. The smallest absolute Gasteiger partial charge is 0.234 e. The minimum atomic E-state index is -0.661. The van der Waals surface area contributed by atoms with Crippen LogP contribution >= 0.6 is 0 Å². The lowest BCUT2D eigenvalue weighted by molar-refractivity contribution is -0.122. The molecule has 3 N–H and O–H groups in total. The quantitative estimate of drug-likeness (QED) is 0.741. The number of β-amino-alcohol motifs (C(OH)–C–C–N with tert-alkyl or cyclic N) is 1. The van der Waals surface area contributed by atoms with Crippen molar-refractivity contribution in [3.63, 3.8) is 0 Å². The Hall–Kier alpha value is -1.79. The molecule has 22 heavy (non-hydrogen) atoms. The standard InChI is InChI=1S/C16H24N2O4/c1-2-21-13-5-7-14(8-6-13)22-11-12(19)10-18-9-3-4-15(18)16(17)20/h5-8,12,15,19H,2-4,9-11H2,1H3,(H2,17,20)/t12-,15-/m1/s1. The summed E-state index contributed by atoms with van der Waals surface area (Å²) >= 11 is 0. The van der Waals surface area contributed by atoms with Crippen LogP contribution in [-0.4, -0.2) is 54.4 Å². The molecule has 0 unspecified atom stereocenters. The topological polar surface area (TPSA) is 85.0 Å². The second-order valence-corrected chi connectivity index (χ2v) is 5.42. The van der Waals surface area contributed by atoms with Crippen molar-refractivity contribution in [2.24, 2.45) is 5.73 Å². The molecule has 1 saturated heterocycles. The number of carbonyl (C=O) groups is 1. The van der Waals surface area contributed by atoms with E-state index in [1.165, 1.54) is 0 Å². The van der Waals surface area contributed by atoms with Gasteiger partial charge in [0.15, 0.2) is 0 Å². The normalized spacial score (nSPS) is 19.8. The Bertz CT molecular complexity index is 478. The Kier molecular flexibility index (Phi) is 6.03. The van der Waals surface area contributed by atoms with Crippen molar-refractivity contribution in [2.45, 2.75) is 31.9 Å². The van der Waals surface area contributed by atoms with E-state index >= 15 is 0 Å². The lowest BCUT2D eigenvalue weighted by atomic mass is 10.2. The van der Waals surface area contributed by atoms with E-state index < -0.39 is 6.10 Å². The maximum absolute atomic E-state index is 11.3. The number of hydrogen-bond acceptors (Lipinski definition) is 5. The molecule has 1 aliphatic rings. The number of hydrogen-bond donors (Lipinski definition) is 2. The highest BCUT2D eigenvalue weighted by Crippen LogP contribution is 2.19. The number of nitrogens with two attached hydrogens (primary N) is 1. The molecule has 1 heterocycles. The summed E-state index contributed by atoms with van der Waals surface area (Å²) in [6.45, 7) is 3.91. The number of amides is 1. The third-order valence-electron chi connectivity index (χ3n) is 3.71. The first-order valence-electron chi connectivity index (χ1n) is 7.67. The van der Waals surface area contributed by atoms with Crippen LogP contribution in [0.2, 0.25) is 0 Å².